The number of hydrogen-bond acceptors (Lipinski definition) is 15. The summed E-state index contributed by atoms with van der Waals surface area (Å²) in [6, 6.07) is 0. The number of phosphoric acid groups is 2. The van der Waals surface area contributed by atoms with Crippen LogP contribution in [0.25, 0.3) is 0 Å². The third-order valence-electron chi connectivity index (χ3n) is 16.0. The summed E-state index contributed by atoms with van der Waals surface area (Å²) in [5.41, 5.74) is 0. The van der Waals surface area contributed by atoms with Crippen LogP contribution in [-0.2, 0) is 65.4 Å². The Bertz CT molecular complexity index is 1670. The van der Waals surface area contributed by atoms with E-state index in [1.807, 2.05) is 0 Å². The number of carbonyl (C=O) groups excluding carboxylic acids is 4. The smallest absolute Gasteiger partial charge is 0.462 e. The van der Waals surface area contributed by atoms with Crippen molar-refractivity contribution in [2.24, 2.45) is 17.8 Å². The average Bonchev–Trinajstić information content (AvgIpc) is 3.48. The lowest BCUT2D eigenvalue weighted by Crippen LogP contribution is -2.30. The zero-order valence-electron chi connectivity index (χ0n) is 54.4. The minimum Gasteiger partial charge on any atom is -0.462 e. The van der Waals surface area contributed by atoms with Crippen molar-refractivity contribution >= 4 is 39.5 Å². The number of hydrogen-bond donors (Lipinski definition) is 3. The number of aliphatic hydroxyl groups excluding tert-OH is 1. The predicted molar refractivity (Wildman–Crippen MR) is 335 cm³/mol. The van der Waals surface area contributed by atoms with Crippen LogP contribution in [0, 0.1) is 17.8 Å². The third-order valence-corrected chi connectivity index (χ3v) is 17.9. The summed E-state index contributed by atoms with van der Waals surface area (Å²) in [6.07, 6.45) is 37.4. The predicted octanol–water partition coefficient (Wildman–Crippen LogP) is 17.9. The Labute approximate surface area is 511 Å². The van der Waals surface area contributed by atoms with Crippen LogP contribution >= 0.6 is 15.6 Å². The summed E-state index contributed by atoms with van der Waals surface area (Å²) in [6.45, 7) is 11.8. The molecule has 0 aliphatic carbocycles. The van der Waals surface area contributed by atoms with Crippen LogP contribution < -0.4 is 0 Å². The molecule has 0 rings (SSSR count). The molecule has 0 aliphatic rings. The van der Waals surface area contributed by atoms with Crippen LogP contribution in [0.5, 0.6) is 0 Å². The van der Waals surface area contributed by atoms with Crippen LogP contribution in [0.1, 0.15) is 318 Å². The maximum absolute atomic E-state index is 13.0. The van der Waals surface area contributed by atoms with Crippen molar-refractivity contribution in [3.8, 4) is 0 Å². The van der Waals surface area contributed by atoms with Gasteiger partial charge in [0.2, 0.25) is 0 Å². The highest BCUT2D eigenvalue weighted by molar-refractivity contribution is 7.47. The molecule has 8 atom stereocenters. The second-order valence-corrected chi connectivity index (χ2v) is 27.1. The maximum atomic E-state index is 13.0. The summed E-state index contributed by atoms with van der Waals surface area (Å²) in [5.74, 6) is 0.178. The second-order valence-electron chi connectivity index (χ2n) is 24.2. The molecule has 0 amide bonds. The fourth-order valence-corrected chi connectivity index (χ4v) is 11.1. The molecule has 0 radical (unpaired) electrons. The Morgan fingerprint density at radius 1 is 0.333 bits per heavy atom. The molecule has 498 valence electrons. The molecule has 0 aliphatic heterocycles. The number of ether oxygens (including phenoxy) is 4. The van der Waals surface area contributed by atoms with Gasteiger partial charge in [0.05, 0.1) is 26.4 Å². The first-order valence-electron chi connectivity index (χ1n) is 34.0. The van der Waals surface area contributed by atoms with Crippen molar-refractivity contribution in [3.05, 3.63) is 0 Å². The molecule has 0 fully saturated rings. The normalized spacial score (nSPS) is 15.3. The number of carbonyl (C=O) groups is 4. The van der Waals surface area contributed by atoms with Gasteiger partial charge in [-0.25, -0.2) is 9.13 Å². The first kappa shape index (κ1) is 82.1. The highest BCUT2D eigenvalue weighted by atomic mass is 31.2. The molecular weight excluding hydrogens is 1110 g/mol. The summed E-state index contributed by atoms with van der Waals surface area (Å²) in [7, 11) is -9.89. The minimum absolute atomic E-state index is 0.104. The van der Waals surface area contributed by atoms with E-state index in [-0.39, 0.29) is 25.7 Å². The topological polar surface area (TPSA) is 237 Å². The summed E-state index contributed by atoms with van der Waals surface area (Å²) in [4.78, 5) is 72.2. The number of esters is 4. The molecule has 84 heavy (non-hydrogen) atoms. The SMILES string of the molecule is CCCCCCCCCCC(=O)OC[C@H](COP(=O)(O)OC[C@H](O)COP(=O)(O)OC[C@@H](COC(=O)CCCCCCCCCCC(C)CC)OC(=O)CCCCCCCCCCC(C)CC)OC(=O)CCCCCCCCCCC(C)CC. The van der Waals surface area contributed by atoms with E-state index in [1.165, 1.54) is 122 Å². The van der Waals surface area contributed by atoms with Gasteiger partial charge in [0.25, 0.3) is 0 Å². The first-order valence-corrected chi connectivity index (χ1v) is 37.0. The highest BCUT2D eigenvalue weighted by Crippen LogP contribution is 2.45. The van der Waals surface area contributed by atoms with E-state index in [2.05, 4.69) is 48.5 Å². The van der Waals surface area contributed by atoms with Crippen LogP contribution in [0.4, 0.5) is 0 Å². The van der Waals surface area contributed by atoms with E-state index in [4.69, 9.17) is 37.0 Å². The van der Waals surface area contributed by atoms with E-state index in [1.54, 1.807) is 0 Å². The fourth-order valence-electron chi connectivity index (χ4n) is 9.56. The van der Waals surface area contributed by atoms with Gasteiger partial charge in [-0.15, -0.1) is 0 Å². The van der Waals surface area contributed by atoms with E-state index in [0.29, 0.717) is 25.7 Å². The second kappa shape index (κ2) is 56.3. The van der Waals surface area contributed by atoms with Gasteiger partial charge in [-0.3, -0.25) is 37.3 Å². The van der Waals surface area contributed by atoms with E-state index < -0.39 is 97.5 Å². The highest BCUT2D eigenvalue weighted by Gasteiger charge is 2.30. The van der Waals surface area contributed by atoms with Crippen LogP contribution in [0.3, 0.4) is 0 Å². The monoisotopic (exact) mass is 1240 g/mol. The lowest BCUT2D eigenvalue weighted by Gasteiger charge is -2.21. The quantitative estimate of drug-likeness (QED) is 0.0222. The molecule has 0 bridgehead atoms. The van der Waals surface area contributed by atoms with Crippen molar-refractivity contribution in [1.82, 2.24) is 0 Å². The minimum atomic E-state index is -4.95. The lowest BCUT2D eigenvalue weighted by atomic mass is 9.99. The zero-order valence-corrected chi connectivity index (χ0v) is 56.1. The summed E-state index contributed by atoms with van der Waals surface area (Å²) in [5, 5.41) is 10.5. The zero-order chi connectivity index (χ0) is 62.4. The molecular formula is C65H126O17P2. The average molecular weight is 1240 g/mol. The standard InChI is InChI=1S/C65H126O17P2/c1-8-12-13-14-15-25-32-39-46-62(67)75-52-60(81-64(69)48-41-34-27-20-17-23-30-37-44-57(6)10-3)54-79-83(71,72)77-50-59(66)51-78-84(73,74)80-55-61(82-65(70)49-42-35-28-21-18-24-31-38-45-58(7)11-4)53-76-63(68)47-40-33-26-19-16-22-29-36-43-56(5)9-2/h56-61,66H,8-55H2,1-7H3,(H,71,72)(H,73,74)/t56?,57?,58?,59-,60+,61+/m0/s1. The van der Waals surface area contributed by atoms with E-state index in [9.17, 15) is 43.2 Å². The van der Waals surface area contributed by atoms with Gasteiger partial charge in [-0.05, 0) is 43.4 Å². The van der Waals surface area contributed by atoms with Crippen molar-refractivity contribution in [1.29, 1.82) is 0 Å². The number of rotatable bonds is 63. The number of phosphoric ester groups is 2. The summed E-state index contributed by atoms with van der Waals surface area (Å²) < 4.78 is 68.0. The van der Waals surface area contributed by atoms with Gasteiger partial charge < -0.3 is 33.8 Å². The maximum Gasteiger partial charge on any atom is 0.472 e. The molecule has 19 heteroatoms. The molecule has 0 saturated carbocycles. The van der Waals surface area contributed by atoms with Crippen molar-refractivity contribution in [2.75, 3.05) is 39.6 Å². The van der Waals surface area contributed by atoms with Gasteiger partial charge in [0, 0.05) is 25.7 Å². The third kappa shape index (κ3) is 55.4. The lowest BCUT2D eigenvalue weighted by molar-refractivity contribution is -0.161. The van der Waals surface area contributed by atoms with Crippen LogP contribution in [0.15, 0.2) is 0 Å². The Morgan fingerprint density at radius 2 is 0.571 bits per heavy atom. The molecule has 17 nitrogen and oxygen atoms in total. The van der Waals surface area contributed by atoms with Crippen LogP contribution in [-0.4, -0.2) is 96.7 Å². The molecule has 0 aromatic rings. The van der Waals surface area contributed by atoms with E-state index in [0.717, 1.165) is 114 Å². The Hall–Kier alpha value is -1.94. The Kier molecular flexibility index (Phi) is 55.0. The molecule has 5 unspecified atom stereocenters. The first-order chi connectivity index (χ1) is 40.3. The molecule has 3 N–H and O–H groups in total. The summed E-state index contributed by atoms with van der Waals surface area (Å²) >= 11 is 0. The van der Waals surface area contributed by atoms with Crippen molar-refractivity contribution in [3.63, 3.8) is 0 Å². The van der Waals surface area contributed by atoms with Crippen LogP contribution in [0.2, 0.25) is 0 Å². The van der Waals surface area contributed by atoms with Gasteiger partial charge >= 0.3 is 39.5 Å². The van der Waals surface area contributed by atoms with Gasteiger partial charge in [-0.1, -0.05) is 267 Å². The number of aliphatic hydroxyl groups is 1. The van der Waals surface area contributed by atoms with Gasteiger partial charge in [-0.2, -0.15) is 0 Å². The molecule has 0 saturated heterocycles. The Balaban J connectivity index is 5.26. The van der Waals surface area contributed by atoms with E-state index >= 15 is 0 Å². The van der Waals surface area contributed by atoms with Gasteiger partial charge in [0.1, 0.15) is 19.3 Å². The molecule has 0 aromatic heterocycles. The molecule has 0 heterocycles. The van der Waals surface area contributed by atoms with Gasteiger partial charge in [0.15, 0.2) is 12.2 Å². The Morgan fingerprint density at radius 3 is 0.845 bits per heavy atom. The number of unbranched alkanes of at least 4 members (excludes halogenated alkanes) is 28. The molecule has 0 aromatic carbocycles. The van der Waals surface area contributed by atoms with Crippen molar-refractivity contribution < 1.29 is 80.2 Å². The fraction of sp³-hybridized carbons (Fsp3) is 0.938. The van der Waals surface area contributed by atoms with Crippen molar-refractivity contribution in [2.45, 2.75) is 336 Å². The largest absolute Gasteiger partial charge is 0.472 e. The molecule has 0 spiro atoms.